The van der Waals surface area contributed by atoms with Crippen molar-refractivity contribution in [1.29, 1.82) is 0 Å². The maximum absolute atomic E-state index is 12.2. The Morgan fingerprint density at radius 3 is 2.63 bits per heavy atom. The van der Waals surface area contributed by atoms with Crippen LogP contribution in [-0.4, -0.2) is 35.3 Å². The Morgan fingerprint density at radius 2 is 1.97 bits per heavy atom. The molecular weight excluding hydrogens is 384 g/mol. The zero-order valence-corrected chi connectivity index (χ0v) is 16.8. The SMILES string of the molecule is COc1cc2c(cc1OCC(=O)O)c1c(n2Cc2ccccc2)CCCC1C(N)=O. The highest BCUT2D eigenvalue weighted by Gasteiger charge is 2.31. The molecule has 7 heteroatoms. The first-order valence-electron chi connectivity index (χ1n) is 9.90. The second-order valence-electron chi connectivity index (χ2n) is 7.48. The third-order valence-corrected chi connectivity index (χ3v) is 5.63. The van der Waals surface area contributed by atoms with Crippen LogP contribution in [0.5, 0.6) is 11.5 Å². The van der Waals surface area contributed by atoms with Crippen LogP contribution in [-0.2, 0) is 22.6 Å². The number of ether oxygens (including phenoxy) is 2. The summed E-state index contributed by atoms with van der Waals surface area (Å²) in [6, 6.07) is 13.7. The van der Waals surface area contributed by atoms with Gasteiger partial charge in [-0.1, -0.05) is 30.3 Å². The van der Waals surface area contributed by atoms with Crippen LogP contribution in [0.2, 0.25) is 0 Å². The monoisotopic (exact) mass is 408 g/mol. The molecular formula is C23H24N2O5. The second-order valence-corrected chi connectivity index (χ2v) is 7.48. The highest BCUT2D eigenvalue weighted by atomic mass is 16.5. The van der Waals surface area contributed by atoms with Crippen LogP contribution in [0.15, 0.2) is 42.5 Å². The van der Waals surface area contributed by atoms with Crippen molar-refractivity contribution in [3.05, 3.63) is 59.3 Å². The van der Waals surface area contributed by atoms with Gasteiger partial charge in [0.25, 0.3) is 0 Å². The number of amides is 1. The molecule has 1 aromatic heterocycles. The van der Waals surface area contributed by atoms with Gasteiger partial charge in [0, 0.05) is 23.7 Å². The van der Waals surface area contributed by atoms with Crippen molar-refractivity contribution in [3.63, 3.8) is 0 Å². The number of carboxylic acid groups (broad SMARTS) is 1. The molecule has 4 rings (SSSR count). The number of aromatic nitrogens is 1. The molecule has 1 heterocycles. The number of nitrogens with zero attached hydrogens (tertiary/aromatic N) is 1. The lowest BCUT2D eigenvalue weighted by Crippen LogP contribution is -2.25. The predicted octanol–water partition coefficient (Wildman–Crippen LogP) is 3.07. The Morgan fingerprint density at radius 1 is 1.20 bits per heavy atom. The molecule has 0 saturated heterocycles. The molecule has 0 fully saturated rings. The number of fused-ring (bicyclic) bond motifs is 3. The normalized spacial score (nSPS) is 15.6. The first kappa shape index (κ1) is 19.8. The number of hydrogen-bond donors (Lipinski definition) is 2. The predicted molar refractivity (Wildman–Crippen MR) is 112 cm³/mol. The molecule has 1 aliphatic carbocycles. The second kappa shape index (κ2) is 8.10. The van der Waals surface area contributed by atoms with Gasteiger partial charge in [-0.2, -0.15) is 0 Å². The van der Waals surface area contributed by atoms with Crippen LogP contribution in [0.25, 0.3) is 10.9 Å². The number of carboxylic acids is 1. The number of carbonyl (C=O) groups excluding carboxylic acids is 1. The van der Waals surface area contributed by atoms with Gasteiger partial charge in [-0.25, -0.2) is 4.79 Å². The topological polar surface area (TPSA) is 104 Å². The van der Waals surface area contributed by atoms with Gasteiger partial charge in [0.2, 0.25) is 5.91 Å². The Balaban J connectivity index is 1.93. The van der Waals surface area contributed by atoms with Crippen LogP contribution < -0.4 is 15.2 Å². The Bertz CT molecular complexity index is 1100. The number of carbonyl (C=O) groups is 2. The molecule has 0 bridgehead atoms. The summed E-state index contributed by atoms with van der Waals surface area (Å²) in [5.41, 5.74) is 9.80. The Hall–Kier alpha value is -3.48. The summed E-state index contributed by atoms with van der Waals surface area (Å²) in [6.07, 6.45) is 2.42. The van der Waals surface area contributed by atoms with E-state index in [-0.39, 0.29) is 11.8 Å². The van der Waals surface area contributed by atoms with E-state index in [1.807, 2.05) is 24.3 Å². The van der Waals surface area contributed by atoms with Crippen molar-refractivity contribution in [2.24, 2.45) is 5.73 Å². The number of primary amides is 1. The molecule has 3 N–H and O–H groups in total. The summed E-state index contributed by atoms with van der Waals surface area (Å²) in [5, 5.41) is 9.85. The van der Waals surface area contributed by atoms with E-state index in [1.165, 1.54) is 7.11 Å². The fourth-order valence-corrected chi connectivity index (χ4v) is 4.35. The summed E-state index contributed by atoms with van der Waals surface area (Å²) in [6.45, 7) is 0.171. The summed E-state index contributed by atoms with van der Waals surface area (Å²) in [4.78, 5) is 23.2. The van der Waals surface area contributed by atoms with Gasteiger partial charge < -0.3 is 24.9 Å². The highest BCUT2D eigenvalue weighted by molar-refractivity contribution is 5.95. The average Bonchev–Trinajstić information content (AvgIpc) is 3.05. The van der Waals surface area contributed by atoms with Gasteiger partial charge in [0.05, 0.1) is 18.5 Å². The Kier molecular flexibility index (Phi) is 5.35. The molecule has 2 aromatic carbocycles. The maximum Gasteiger partial charge on any atom is 0.341 e. The van der Waals surface area contributed by atoms with Crippen molar-refractivity contribution in [2.45, 2.75) is 31.7 Å². The number of methoxy groups -OCH3 is 1. The lowest BCUT2D eigenvalue weighted by Gasteiger charge is -2.22. The van der Waals surface area contributed by atoms with Gasteiger partial charge in [0.15, 0.2) is 18.1 Å². The van der Waals surface area contributed by atoms with E-state index in [0.717, 1.165) is 40.6 Å². The molecule has 30 heavy (non-hydrogen) atoms. The van der Waals surface area contributed by atoms with Gasteiger partial charge in [-0.05, 0) is 36.5 Å². The molecule has 156 valence electrons. The first-order valence-corrected chi connectivity index (χ1v) is 9.90. The molecule has 1 unspecified atom stereocenters. The van der Waals surface area contributed by atoms with Crippen LogP contribution in [0.1, 0.15) is 35.6 Å². The quantitative estimate of drug-likeness (QED) is 0.625. The molecule has 1 atom stereocenters. The molecule has 0 spiro atoms. The largest absolute Gasteiger partial charge is 0.493 e. The zero-order valence-electron chi connectivity index (χ0n) is 16.8. The summed E-state index contributed by atoms with van der Waals surface area (Å²) >= 11 is 0. The number of aliphatic carboxylic acids is 1. The third kappa shape index (κ3) is 3.58. The van der Waals surface area contributed by atoms with E-state index < -0.39 is 12.6 Å². The van der Waals surface area contributed by atoms with Crippen molar-refractivity contribution in [3.8, 4) is 11.5 Å². The van der Waals surface area contributed by atoms with Gasteiger partial charge in [-0.15, -0.1) is 0 Å². The number of hydrogen-bond acceptors (Lipinski definition) is 4. The minimum Gasteiger partial charge on any atom is -0.493 e. The average molecular weight is 408 g/mol. The minimum absolute atomic E-state index is 0.334. The molecule has 0 radical (unpaired) electrons. The number of nitrogens with two attached hydrogens (primary N) is 1. The van der Waals surface area contributed by atoms with Crippen LogP contribution in [0.3, 0.4) is 0 Å². The lowest BCUT2D eigenvalue weighted by atomic mass is 9.84. The molecule has 7 nitrogen and oxygen atoms in total. The molecule has 1 aliphatic rings. The van der Waals surface area contributed by atoms with E-state index in [2.05, 4.69) is 16.7 Å². The molecule has 0 saturated carbocycles. The van der Waals surface area contributed by atoms with Gasteiger partial charge >= 0.3 is 5.97 Å². The Labute approximate surface area is 174 Å². The maximum atomic E-state index is 12.2. The lowest BCUT2D eigenvalue weighted by molar-refractivity contribution is -0.139. The molecule has 3 aromatic rings. The van der Waals surface area contributed by atoms with Gasteiger partial charge in [0.1, 0.15) is 0 Å². The van der Waals surface area contributed by atoms with E-state index >= 15 is 0 Å². The molecule has 0 aliphatic heterocycles. The van der Waals surface area contributed by atoms with E-state index in [1.54, 1.807) is 6.07 Å². The fraction of sp³-hybridized carbons (Fsp3) is 0.304. The summed E-state index contributed by atoms with van der Waals surface area (Å²) in [7, 11) is 1.52. The minimum atomic E-state index is -1.07. The van der Waals surface area contributed by atoms with E-state index in [9.17, 15) is 9.59 Å². The van der Waals surface area contributed by atoms with Crippen LogP contribution in [0, 0.1) is 0 Å². The van der Waals surface area contributed by atoms with E-state index in [4.69, 9.17) is 20.3 Å². The van der Waals surface area contributed by atoms with Crippen molar-refractivity contribution >= 4 is 22.8 Å². The van der Waals surface area contributed by atoms with Crippen molar-refractivity contribution in [1.82, 2.24) is 4.57 Å². The van der Waals surface area contributed by atoms with Crippen LogP contribution in [0.4, 0.5) is 0 Å². The zero-order chi connectivity index (χ0) is 21.3. The standard InChI is InChI=1S/C23H24N2O5/c1-29-19-11-18-16(10-20(19)30-13-21(26)27)22-15(23(24)28)8-5-9-17(22)25(18)12-14-6-3-2-4-7-14/h2-4,6-7,10-11,15H,5,8-9,12-13H2,1H3,(H2,24,28)(H,26,27). The van der Waals surface area contributed by atoms with E-state index in [0.29, 0.717) is 24.5 Å². The summed E-state index contributed by atoms with van der Waals surface area (Å²) < 4.78 is 13.1. The van der Waals surface area contributed by atoms with Crippen molar-refractivity contribution < 1.29 is 24.2 Å². The van der Waals surface area contributed by atoms with Crippen molar-refractivity contribution in [2.75, 3.05) is 13.7 Å². The fourth-order valence-electron chi connectivity index (χ4n) is 4.35. The number of rotatable bonds is 7. The first-order chi connectivity index (χ1) is 14.5. The highest BCUT2D eigenvalue weighted by Crippen LogP contribution is 2.43. The third-order valence-electron chi connectivity index (χ3n) is 5.63. The van der Waals surface area contributed by atoms with Crippen LogP contribution >= 0.6 is 0 Å². The smallest absolute Gasteiger partial charge is 0.341 e. The van der Waals surface area contributed by atoms with Gasteiger partial charge in [-0.3, -0.25) is 4.79 Å². The number of benzene rings is 2. The molecule has 1 amide bonds. The summed E-state index contributed by atoms with van der Waals surface area (Å²) in [5.74, 6) is -1.02.